The molecule has 3 aromatic rings. The van der Waals surface area contributed by atoms with Gasteiger partial charge in [0, 0.05) is 6.54 Å². The number of benzene rings is 1. The van der Waals surface area contributed by atoms with E-state index in [0.717, 1.165) is 29.8 Å². The number of aryl methyl sites for hydroxylation is 1. The van der Waals surface area contributed by atoms with Crippen LogP contribution in [0.15, 0.2) is 47.1 Å². The molecule has 0 saturated heterocycles. The summed E-state index contributed by atoms with van der Waals surface area (Å²) in [5, 5.41) is 2.88. The van der Waals surface area contributed by atoms with Crippen molar-refractivity contribution in [2.45, 2.75) is 39.3 Å². The number of aromatic nitrogens is 2. The Morgan fingerprint density at radius 3 is 2.87 bits per heavy atom. The minimum Gasteiger partial charge on any atom is -0.459 e. The standard InChI is InChI=1S/C18H21N3O2/c1-2-3-6-11-21-15-9-5-4-8-14(15)20-17(21)13-19-18(22)16-10-7-12-23-16/h4-5,7-10,12H,2-3,6,11,13H2,1H3,(H,19,22). The van der Waals surface area contributed by atoms with E-state index in [4.69, 9.17) is 4.42 Å². The lowest BCUT2D eigenvalue weighted by Gasteiger charge is -2.09. The normalized spacial score (nSPS) is 11.0. The number of nitrogens with one attached hydrogen (secondary N) is 1. The van der Waals surface area contributed by atoms with E-state index in [0.29, 0.717) is 12.3 Å². The fraction of sp³-hybridized carbons (Fsp3) is 0.333. The predicted octanol–water partition coefficient (Wildman–Crippen LogP) is 3.75. The monoisotopic (exact) mass is 311 g/mol. The summed E-state index contributed by atoms with van der Waals surface area (Å²) in [5.41, 5.74) is 2.08. The lowest BCUT2D eigenvalue weighted by molar-refractivity contribution is 0.0921. The molecule has 5 heteroatoms. The molecule has 5 nitrogen and oxygen atoms in total. The van der Waals surface area contributed by atoms with Gasteiger partial charge < -0.3 is 14.3 Å². The molecule has 0 unspecified atom stereocenters. The number of fused-ring (bicyclic) bond motifs is 1. The Morgan fingerprint density at radius 2 is 2.09 bits per heavy atom. The quantitative estimate of drug-likeness (QED) is 0.676. The Kier molecular flexibility index (Phi) is 4.76. The highest BCUT2D eigenvalue weighted by Gasteiger charge is 2.13. The van der Waals surface area contributed by atoms with Crippen LogP contribution >= 0.6 is 0 Å². The highest BCUT2D eigenvalue weighted by molar-refractivity contribution is 5.91. The highest BCUT2D eigenvalue weighted by Crippen LogP contribution is 2.17. The average molecular weight is 311 g/mol. The Hall–Kier alpha value is -2.56. The molecule has 0 radical (unpaired) electrons. The molecule has 0 fully saturated rings. The van der Waals surface area contributed by atoms with Gasteiger partial charge in [-0.3, -0.25) is 4.79 Å². The van der Waals surface area contributed by atoms with Gasteiger partial charge in [-0.2, -0.15) is 0 Å². The van der Waals surface area contributed by atoms with Crippen molar-refractivity contribution in [2.75, 3.05) is 0 Å². The molecule has 1 amide bonds. The van der Waals surface area contributed by atoms with Crippen LogP contribution < -0.4 is 5.32 Å². The molecule has 120 valence electrons. The zero-order valence-electron chi connectivity index (χ0n) is 13.3. The van der Waals surface area contributed by atoms with Crippen LogP contribution in [0.1, 0.15) is 42.6 Å². The first-order valence-corrected chi connectivity index (χ1v) is 8.05. The van der Waals surface area contributed by atoms with E-state index in [1.54, 1.807) is 12.1 Å². The molecular weight excluding hydrogens is 290 g/mol. The zero-order valence-corrected chi connectivity index (χ0v) is 13.3. The van der Waals surface area contributed by atoms with Crippen LogP contribution in [-0.4, -0.2) is 15.5 Å². The number of furan rings is 1. The number of hydrogen-bond donors (Lipinski definition) is 1. The predicted molar refractivity (Wildman–Crippen MR) is 89.1 cm³/mol. The van der Waals surface area contributed by atoms with E-state index in [9.17, 15) is 4.79 Å². The third-order valence-corrected chi connectivity index (χ3v) is 3.87. The van der Waals surface area contributed by atoms with Crippen LogP contribution in [0, 0.1) is 0 Å². The van der Waals surface area contributed by atoms with Crippen LogP contribution in [0.5, 0.6) is 0 Å². The number of imidazole rings is 1. The molecule has 0 atom stereocenters. The van der Waals surface area contributed by atoms with Crippen molar-refractivity contribution >= 4 is 16.9 Å². The Balaban J connectivity index is 1.78. The summed E-state index contributed by atoms with van der Waals surface area (Å²) in [4.78, 5) is 16.7. The third-order valence-electron chi connectivity index (χ3n) is 3.87. The summed E-state index contributed by atoms with van der Waals surface area (Å²) in [6, 6.07) is 11.4. The molecule has 2 aromatic heterocycles. The molecule has 2 heterocycles. The summed E-state index contributed by atoms with van der Waals surface area (Å²) in [5.74, 6) is 0.975. The smallest absolute Gasteiger partial charge is 0.287 e. The van der Waals surface area contributed by atoms with Crippen molar-refractivity contribution in [3.8, 4) is 0 Å². The van der Waals surface area contributed by atoms with Gasteiger partial charge in [-0.15, -0.1) is 0 Å². The molecule has 0 spiro atoms. The molecule has 0 aliphatic rings. The first-order chi connectivity index (χ1) is 11.3. The average Bonchev–Trinajstić information content (AvgIpc) is 3.21. The van der Waals surface area contributed by atoms with E-state index in [1.807, 2.05) is 18.2 Å². The lowest BCUT2D eigenvalue weighted by atomic mass is 10.2. The van der Waals surface area contributed by atoms with E-state index in [1.165, 1.54) is 19.1 Å². The maximum Gasteiger partial charge on any atom is 0.287 e. The largest absolute Gasteiger partial charge is 0.459 e. The van der Waals surface area contributed by atoms with Crippen molar-refractivity contribution in [3.05, 3.63) is 54.2 Å². The minimum absolute atomic E-state index is 0.220. The van der Waals surface area contributed by atoms with Crippen molar-refractivity contribution in [2.24, 2.45) is 0 Å². The maximum atomic E-state index is 12.0. The molecule has 0 aliphatic carbocycles. The number of unbranched alkanes of at least 4 members (excludes halogenated alkanes) is 2. The summed E-state index contributed by atoms with van der Waals surface area (Å²) in [6.45, 7) is 3.50. The van der Waals surface area contributed by atoms with Crippen LogP contribution in [-0.2, 0) is 13.1 Å². The second kappa shape index (κ2) is 7.13. The first kappa shape index (κ1) is 15.3. The molecule has 23 heavy (non-hydrogen) atoms. The first-order valence-electron chi connectivity index (χ1n) is 8.05. The number of para-hydroxylation sites is 2. The number of hydrogen-bond acceptors (Lipinski definition) is 3. The third kappa shape index (κ3) is 3.44. The summed E-state index contributed by atoms with van der Waals surface area (Å²) in [7, 11) is 0. The van der Waals surface area contributed by atoms with E-state index >= 15 is 0 Å². The summed E-state index contributed by atoms with van der Waals surface area (Å²) < 4.78 is 7.31. The second-order valence-corrected chi connectivity index (χ2v) is 5.54. The molecule has 0 aliphatic heterocycles. The minimum atomic E-state index is -0.220. The van der Waals surface area contributed by atoms with E-state index in [-0.39, 0.29) is 5.91 Å². The molecule has 0 bridgehead atoms. The summed E-state index contributed by atoms with van der Waals surface area (Å²) in [6.07, 6.45) is 4.97. The van der Waals surface area contributed by atoms with Gasteiger partial charge in [0.25, 0.3) is 5.91 Å². The van der Waals surface area contributed by atoms with E-state index < -0.39 is 0 Å². The fourth-order valence-electron chi connectivity index (χ4n) is 2.68. The maximum absolute atomic E-state index is 12.0. The molecule has 1 N–H and O–H groups in total. The van der Waals surface area contributed by atoms with Gasteiger partial charge in [-0.05, 0) is 30.7 Å². The number of carbonyl (C=O) groups excluding carboxylic acids is 1. The van der Waals surface area contributed by atoms with Gasteiger partial charge in [0.1, 0.15) is 5.82 Å². The molecule has 1 aromatic carbocycles. The van der Waals surface area contributed by atoms with Crippen molar-refractivity contribution in [3.63, 3.8) is 0 Å². The molecule has 3 rings (SSSR count). The van der Waals surface area contributed by atoms with Gasteiger partial charge in [0.05, 0.1) is 23.8 Å². The van der Waals surface area contributed by atoms with Crippen molar-refractivity contribution in [1.82, 2.24) is 14.9 Å². The number of amides is 1. The molecule has 0 saturated carbocycles. The topological polar surface area (TPSA) is 60.1 Å². The lowest BCUT2D eigenvalue weighted by Crippen LogP contribution is -2.24. The van der Waals surface area contributed by atoms with E-state index in [2.05, 4.69) is 27.9 Å². The fourth-order valence-corrected chi connectivity index (χ4v) is 2.68. The van der Waals surface area contributed by atoms with Crippen molar-refractivity contribution < 1.29 is 9.21 Å². The van der Waals surface area contributed by atoms with Crippen LogP contribution in [0.2, 0.25) is 0 Å². The van der Waals surface area contributed by atoms with Gasteiger partial charge >= 0.3 is 0 Å². The van der Waals surface area contributed by atoms with Gasteiger partial charge in [-0.25, -0.2) is 4.98 Å². The van der Waals surface area contributed by atoms with Crippen LogP contribution in [0.25, 0.3) is 11.0 Å². The molecular formula is C18H21N3O2. The second-order valence-electron chi connectivity index (χ2n) is 5.54. The van der Waals surface area contributed by atoms with Crippen LogP contribution in [0.4, 0.5) is 0 Å². The zero-order chi connectivity index (χ0) is 16.1. The Labute approximate surface area is 135 Å². The Bertz CT molecular complexity index is 775. The van der Waals surface area contributed by atoms with Crippen LogP contribution in [0.3, 0.4) is 0 Å². The summed E-state index contributed by atoms with van der Waals surface area (Å²) >= 11 is 0. The Morgan fingerprint density at radius 1 is 1.22 bits per heavy atom. The SMILES string of the molecule is CCCCCn1c(CNC(=O)c2ccco2)nc2ccccc21. The number of rotatable bonds is 7. The van der Waals surface area contributed by atoms with Crippen molar-refractivity contribution in [1.29, 1.82) is 0 Å². The number of carbonyl (C=O) groups is 1. The van der Waals surface area contributed by atoms with Gasteiger partial charge in [-0.1, -0.05) is 31.9 Å². The van der Waals surface area contributed by atoms with Gasteiger partial charge in [0.2, 0.25) is 0 Å². The number of nitrogens with zero attached hydrogens (tertiary/aromatic N) is 2. The van der Waals surface area contributed by atoms with Gasteiger partial charge in [0.15, 0.2) is 5.76 Å². The highest BCUT2D eigenvalue weighted by atomic mass is 16.3.